The van der Waals surface area contributed by atoms with Crippen LogP contribution in [0.5, 0.6) is 0 Å². The molecule has 1 amide bonds. The normalized spacial score (nSPS) is 10.9. The summed E-state index contributed by atoms with van der Waals surface area (Å²) < 4.78 is 13.1. The van der Waals surface area contributed by atoms with E-state index in [2.05, 4.69) is 6.92 Å². The number of rotatable bonds is 8. The molecule has 0 aromatic heterocycles. The van der Waals surface area contributed by atoms with Crippen molar-refractivity contribution < 1.29 is 9.18 Å². The lowest BCUT2D eigenvalue weighted by atomic mass is 10.1. The molecule has 0 aliphatic heterocycles. The summed E-state index contributed by atoms with van der Waals surface area (Å²) in [7, 11) is 0. The van der Waals surface area contributed by atoms with Crippen LogP contribution < -0.4 is 11.5 Å². The molecule has 0 saturated heterocycles. The second-order valence-corrected chi connectivity index (χ2v) is 4.65. The average molecular weight is 267 g/mol. The minimum atomic E-state index is -0.354. The zero-order valence-electron chi connectivity index (χ0n) is 11.4. The van der Waals surface area contributed by atoms with Gasteiger partial charge in [-0.2, -0.15) is 0 Å². The Morgan fingerprint density at radius 2 is 2.11 bits per heavy atom. The summed E-state index contributed by atoms with van der Waals surface area (Å²) in [5.74, 6) is -0.647. The maximum absolute atomic E-state index is 13.1. The topological polar surface area (TPSA) is 72.3 Å². The van der Waals surface area contributed by atoms with Crippen molar-refractivity contribution >= 4 is 5.91 Å². The second kappa shape index (κ2) is 7.86. The molecule has 1 aromatic rings. The Balaban J connectivity index is 2.79. The van der Waals surface area contributed by atoms with Gasteiger partial charge in [-0.05, 0) is 36.2 Å². The predicted molar refractivity (Wildman–Crippen MR) is 73.7 cm³/mol. The number of carbonyl (C=O) groups is 1. The molecule has 0 unspecified atom stereocenters. The van der Waals surface area contributed by atoms with Crippen LogP contribution in [-0.2, 0) is 17.9 Å². The summed E-state index contributed by atoms with van der Waals surface area (Å²) >= 11 is 0. The lowest BCUT2D eigenvalue weighted by molar-refractivity contribution is -0.119. The van der Waals surface area contributed by atoms with Gasteiger partial charge in [0.2, 0.25) is 5.91 Å². The van der Waals surface area contributed by atoms with Gasteiger partial charge in [-0.15, -0.1) is 0 Å². The van der Waals surface area contributed by atoms with Gasteiger partial charge in [0.1, 0.15) is 5.82 Å². The molecule has 4 N–H and O–H groups in total. The lowest BCUT2D eigenvalue weighted by Gasteiger charge is -2.22. The van der Waals surface area contributed by atoms with Gasteiger partial charge in [0, 0.05) is 13.1 Å². The van der Waals surface area contributed by atoms with Crippen molar-refractivity contribution in [1.82, 2.24) is 4.90 Å². The summed E-state index contributed by atoms with van der Waals surface area (Å²) in [6.45, 7) is 3.94. The molecule has 0 spiro atoms. The Morgan fingerprint density at radius 3 is 2.68 bits per heavy atom. The fourth-order valence-corrected chi connectivity index (χ4v) is 2.00. The third-order valence-electron chi connectivity index (χ3n) is 2.99. The van der Waals surface area contributed by atoms with E-state index in [1.165, 1.54) is 12.1 Å². The fourth-order valence-electron chi connectivity index (χ4n) is 2.00. The number of nitrogens with zero attached hydrogens (tertiary/aromatic N) is 1. The zero-order chi connectivity index (χ0) is 14.3. The largest absolute Gasteiger partial charge is 0.369 e. The first-order valence-electron chi connectivity index (χ1n) is 6.54. The minimum absolute atomic E-state index is 0.210. The van der Waals surface area contributed by atoms with Gasteiger partial charge in [0.15, 0.2) is 0 Å². The third-order valence-corrected chi connectivity index (χ3v) is 2.99. The second-order valence-electron chi connectivity index (χ2n) is 4.65. The van der Waals surface area contributed by atoms with E-state index in [0.29, 0.717) is 6.54 Å². The first-order valence-corrected chi connectivity index (χ1v) is 6.54. The van der Waals surface area contributed by atoms with E-state index in [4.69, 9.17) is 11.5 Å². The van der Waals surface area contributed by atoms with E-state index < -0.39 is 0 Å². The molecule has 106 valence electrons. The van der Waals surface area contributed by atoms with Crippen molar-refractivity contribution in [2.45, 2.75) is 32.9 Å². The number of hydrogen-bond acceptors (Lipinski definition) is 3. The third kappa shape index (κ3) is 5.36. The van der Waals surface area contributed by atoms with Crippen LogP contribution >= 0.6 is 0 Å². The van der Waals surface area contributed by atoms with Crippen LogP contribution in [0.15, 0.2) is 18.2 Å². The SMILES string of the molecule is CCCCN(CC(N)=O)Cc1ccc(F)cc1CN. The fraction of sp³-hybridized carbons (Fsp3) is 0.500. The van der Waals surface area contributed by atoms with Crippen LogP contribution in [0.25, 0.3) is 0 Å². The maximum atomic E-state index is 13.1. The summed E-state index contributed by atoms with van der Waals surface area (Å²) in [6, 6.07) is 4.58. The van der Waals surface area contributed by atoms with Crippen LogP contribution in [-0.4, -0.2) is 23.9 Å². The number of primary amides is 1. The Morgan fingerprint density at radius 1 is 1.37 bits per heavy atom. The van der Waals surface area contributed by atoms with Crippen molar-refractivity contribution in [2.24, 2.45) is 11.5 Å². The molecule has 0 heterocycles. The molecular formula is C14H22FN3O. The van der Waals surface area contributed by atoms with Gasteiger partial charge in [-0.3, -0.25) is 9.69 Å². The molecule has 0 fully saturated rings. The Labute approximate surface area is 113 Å². The molecule has 0 radical (unpaired) electrons. The van der Waals surface area contributed by atoms with Crippen molar-refractivity contribution in [3.63, 3.8) is 0 Å². The summed E-state index contributed by atoms with van der Waals surface area (Å²) in [5, 5.41) is 0. The van der Waals surface area contributed by atoms with Gasteiger partial charge in [-0.1, -0.05) is 19.4 Å². The van der Waals surface area contributed by atoms with Crippen LogP contribution in [0.3, 0.4) is 0 Å². The number of halogens is 1. The van der Waals surface area contributed by atoms with Gasteiger partial charge in [-0.25, -0.2) is 4.39 Å². The maximum Gasteiger partial charge on any atom is 0.231 e. The minimum Gasteiger partial charge on any atom is -0.369 e. The summed E-state index contributed by atoms with van der Waals surface area (Å²) in [4.78, 5) is 13.0. The highest BCUT2D eigenvalue weighted by Crippen LogP contribution is 2.14. The number of hydrogen-bond donors (Lipinski definition) is 2. The van der Waals surface area contributed by atoms with Gasteiger partial charge < -0.3 is 11.5 Å². The lowest BCUT2D eigenvalue weighted by Crippen LogP contribution is -2.34. The molecule has 0 aliphatic carbocycles. The number of unbranched alkanes of at least 4 members (excludes halogenated alkanes) is 1. The van der Waals surface area contributed by atoms with Gasteiger partial charge >= 0.3 is 0 Å². The smallest absolute Gasteiger partial charge is 0.231 e. The van der Waals surface area contributed by atoms with E-state index in [1.54, 1.807) is 6.07 Å². The van der Waals surface area contributed by atoms with Crippen molar-refractivity contribution in [1.29, 1.82) is 0 Å². The molecule has 0 bridgehead atoms. The molecule has 1 aromatic carbocycles. The van der Waals surface area contributed by atoms with Crippen LogP contribution in [0.2, 0.25) is 0 Å². The molecule has 0 aliphatic rings. The molecule has 5 heteroatoms. The molecule has 4 nitrogen and oxygen atoms in total. The molecule has 0 atom stereocenters. The monoisotopic (exact) mass is 267 g/mol. The highest BCUT2D eigenvalue weighted by molar-refractivity contribution is 5.75. The Hall–Kier alpha value is -1.46. The number of benzene rings is 1. The van der Waals surface area contributed by atoms with Crippen molar-refractivity contribution in [3.05, 3.63) is 35.1 Å². The average Bonchev–Trinajstić information content (AvgIpc) is 2.37. The van der Waals surface area contributed by atoms with Gasteiger partial charge in [0.05, 0.1) is 6.54 Å². The Kier molecular flexibility index (Phi) is 6.45. The number of amides is 1. The van der Waals surface area contributed by atoms with Crippen molar-refractivity contribution in [3.8, 4) is 0 Å². The van der Waals surface area contributed by atoms with Crippen LogP contribution in [0.1, 0.15) is 30.9 Å². The van der Waals surface area contributed by atoms with E-state index in [1.807, 2.05) is 4.90 Å². The van der Waals surface area contributed by atoms with E-state index >= 15 is 0 Å². The summed E-state index contributed by atoms with van der Waals surface area (Å²) in [6.07, 6.45) is 2.04. The zero-order valence-corrected chi connectivity index (χ0v) is 11.4. The number of carbonyl (C=O) groups excluding carboxylic acids is 1. The molecular weight excluding hydrogens is 245 g/mol. The summed E-state index contributed by atoms with van der Waals surface area (Å²) in [5.41, 5.74) is 12.6. The molecule has 1 rings (SSSR count). The number of nitrogens with two attached hydrogens (primary N) is 2. The predicted octanol–water partition coefficient (Wildman–Crippen LogP) is 1.37. The standard InChI is InChI=1S/C14H22FN3O/c1-2-3-6-18(10-14(17)19)9-11-4-5-13(15)7-12(11)8-16/h4-5,7H,2-3,6,8-10,16H2,1H3,(H2,17,19). The van der Waals surface area contributed by atoms with E-state index in [0.717, 1.165) is 30.5 Å². The van der Waals surface area contributed by atoms with Crippen molar-refractivity contribution in [2.75, 3.05) is 13.1 Å². The Bertz CT molecular complexity index is 423. The molecule has 19 heavy (non-hydrogen) atoms. The quantitative estimate of drug-likeness (QED) is 0.747. The van der Waals surface area contributed by atoms with Crippen LogP contribution in [0, 0.1) is 5.82 Å². The molecule has 0 saturated carbocycles. The highest BCUT2D eigenvalue weighted by atomic mass is 19.1. The van der Waals surface area contributed by atoms with E-state index in [-0.39, 0.29) is 24.8 Å². The first kappa shape index (κ1) is 15.6. The van der Waals surface area contributed by atoms with Crippen LogP contribution in [0.4, 0.5) is 4.39 Å². The first-order chi connectivity index (χ1) is 9.06. The van der Waals surface area contributed by atoms with E-state index in [9.17, 15) is 9.18 Å². The highest BCUT2D eigenvalue weighted by Gasteiger charge is 2.11. The van der Waals surface area contributed by atoms with Gasteiger partial charge in [0.25, 0.3) is 0 Å².